The Morgan fingerprint density at radius 1 is 1.24 bits per heavy atom. The third-order valence-corrected chi connectivity index (χ3v) is 3.07. The van der Waals surface area contributed by atoms with Gasteiger partial charge >= 0.3 is 0 Å². The lowest BCUT2D eigenvalue weighted by atomic mass is 10.1. The molecule has 1 aliphatic rings. The van der Waals surface area contributed by atoms with Crippen molar-refractivity contribution in [3.63, 3.8) is 0 Å². The van der Waals surface area contributed by atoms with Crippen molar-refractivity contribution < 1.29 is 14.2 Å². The van der Waals surface area contributed by atoms with Crippen LogP contribution in [0.3, 0.4) is 0 Å². The van der Waals surface area contributed by atoms with Crippen LogP contribution in [0.4, 0.5) is 0 Å². The van der Waals surface area contributed by atoms with E-state index in [1.165, 1.54) is 5.56 Å². The van der Waals surface area contributed by atoms with Crippen LogP contribution in [0.25, 0.3) is 0 Å². The van der Waals surface area contributed by atoms with Crippen LogP contribution in [0.2, 0.25) is 0 Å². The molecule has 0 aromatic heterocycles. The van der Waals surface area contributed by atoms with Crippen LogP contribution in [0.1, 0.15) is 25.3 Å². The molecule has 2 rings (SSSR count). The highest BCUT2D eigenvalue weighted by Gasteiger charge is 2.29. The third kappa shape index (κ3) is 3.53. The van der Waals surface area contributed by atoms with E-state index in [4.69, 9.17) is 14.2 Å². The van der Waals surface area contributed by atoms with Crippen LogP contribution in [-0.2, 0) is 20.8 Å². The molecule has 1 saturated heterocycles. The summed E-state index contributed by atoms with van der Waals surface area (Å²) < 4.78 is 16.9. The molecule has 3 heteroatoms. The molecule has 1 aliphatic heterocycles. The quantitative estimate of drug-likeness (QED) is 0.804. The first kappa shape index (κ1) is 12.6. The van der Waals surface area contributed by atoms with Gasteiger partial charge in [-0.25, -0.2) is 0 Å². The minimum Gasteiger partial charge on any atom is -0.368 e. The van der Waals surface area contributed by atoms with Crippen LogP contribution < -0.4 is 0 Å². The van der Waals surface area contributed by atoms with E-state index < -0.39 is 0 Å². The average molecular weight is 236 g/mol. The molecule has 0 aliphatic carbocycles. The van der Waals surface area contributed by atoms with E-state index >= 15 is 0 Å². The van der Waals surface area contributed by atoms with E-state index in [0.29, 0.717) is 6.61 Å². The van der Waals surface area contributed by atoms with Crippen molar-refractivity contribution in [3.05, 3.63) is 35.9 Å². The van der Waals surface area contributed by atoms with Crippen molar-refractivity contribution in [3.8, 4) is 0 Å². The van der Waals surface area contributed by atoms with Gasteiger partial charge in [0, 0.05) is 7.11 Å². The lowest BCUT2D eigenvalue weighted by Crippen LogP contribution is -2.40. The van der Waals surface area contributed by atoms with Gasteiger partial charge in [-0.1, -0.05) is 30.3 Å². The first-order chi connectivity index (χ1) is 8.29. The predicted octanol–water partition coefficient (Wildman–Crippen LogP) is 2.74. The number of rotatable bonds is 4. The molecule has 0 spiro atoms. The van der Waals surface area contributed by atoms with Crippen molar-refractivity contribution in [2.75, 3.05) is 7.11 Å². The minimum absolute atomic E-state index is 0.0383. The minimum atomic E-state index is -0.234. The predicted molar refractivity (Wildman–Crippen MR) is 65.6 cm³/mol. The molecule has 0 unspecified atom stereocenters. The summed E-state index contributed by atoms with van der Waals surface area (Å²) in [4.78, 5) is 0. The number of benzene rings is 1. The van der Waals surface area contributed by atoms with Gasteiger partial charge in [-0.15, -0.1) is 0 Å². The molecule has 1 aromatic rings. The van der Waals surface area contributed by atoms with Crippen LogP contribution >= 0.6 is 0 Å². The van der Waals surface area contributed by atoms with Gasteiger partial charge in [0.05, 0.1) is 12.7 Å². The first-order valence-corrected chi connectivity index (χ1v) is 6.13. The van der Waals surface area contributed by atoms with Crippen LogP contribution in [-0.4, -0.2) is 25.6 Å². The monoisotopic (exact) mass is 236 g/mol. The van der Waals surface area contributed by atoms with Gasteiger partial charge in [0.1, 0.15) is 6.10 Å². The Balaban J connectivity index is 1.85. The fraction of sp³-hybridized carbons (Fsp3) is 0.571. The largest absolute Gasteiger partial charge is 0.368 e. The molecule has 0 saturated carbocycles. The Labute approximate surface area is 103 Å². The number of hydrogen-bond acceptors (Lipinski definition) is 3. The summed E-state index contributed by atoms with van der Waals surface area (Å²) in [5, 5.41) is 0. The fourth-order valence-corrected chi connectivity index (χ4v) is 2.07. The number of ether oxygens (including phenoxy) is 3. The summed E-state index contributed by atoms with van der Waals surface area (Å²) in [5.41, 5.74) is 1.18. The van der Waals surface area contributed by atoms with E-state index in [2.05, 4.69) is 19.1 Å². The molecule has 94 valence electrons. The topological polar surface area (TPSA) is 27.7 Å². The standard InChI is InChI=1S/C14H20O3/c1-11-8-9-13(14(15-2)17-11)16-10-12-6-4-3-5-7-12/h3-7,11,13-14H,8-10H2,1-2H3/t11-,13+,14+/m1/s1. The van der Waals surface area contributed by atoms with E-state index in [1.54, 1.807) is 7.11 Å². The van der Waals surface area contributed by atoms with Gasteiger partial charge < -0.3 is 14.2 Å². The molecule has 1 fully saturated rings. The highest BCUT2D eigenvalue weighted by molar-refractivity contribution is 5.13. The molecule has 17 heavy (non-hydrogen) atoms. The lowest BCUT2D eigenvalue weighted by Gasteiger charge is -2.33. The Kier molecular flexibility index (Phi) is 4.54. The lowest BCUT2D eigenvalue weighted by molar-refractivity contribution is -0.239. The van der Waals surface area contributed by atoms with Crippen LogP contribution in [0.15, 0.2) is 30.3 Å². The summed E-state index contributed by atoms with van der Waals surface area (Å²) in [6.07, 6.45) is 2.08. The summed E-state index contributed by atoms with van der Waals surface area (Å²) in [7, 11) is 1.67. The van der Waals surface area contributed by atoms with Gasteiger partial charge in [-0.05, 0) is 25.3 Å². The van der Waals surface area contributed by atoms with Crippen molar-refractivity contribution in [1.82, 2.24) is 0 Å². The molecule has 0 bridgehead atoms. The van der Waals surface area contributed by atoms with Crippen LogP contribution in [0, 0.1) is 0 Å². The van der Waals surface area contributed by atoms with E-state index in [-0.39, 0.29) is 18.5 Å². The van der Waals surface area contributed by atoms with Crippen molar-refractivity contribution in [1.29, 1.82) is 0 Å². The highest BCUT2D eigenvalue weighted by Crippen LogP contribution is 2.23. The van der Waals surface area contributed by atoms with Gasteiger partial charge in [-0.3, -0.25) is 0 Å². The molecule has 1 heterocycles. The van der Waals surface area contributed by atoms with Crippen LogP contribution in [0.5, 0.6) is 0 Å². The molecule has 0 N–H and O–H groups in total. The molecular weight excluding hydrogens is 216 g/mol. The van der Waals surface area contributed by atoms with E-state index in [0.717, 1.165) is 12.8 Å². The second-order valence-corrected chi connectivity index (χ2v) is 4.46. The zero-order valence-electron chi connectivity index (χ0n) is 10.5. The number of hydrogen-bond donors (Lipinski definition) is 0. The molecule has 0 radical (unpaired) electrons. The molecular formula is C14H20O3. The summed E-state index contributed by atoms with van der Waals surface area (Å²) in [5.74, 6) is 0. The van der Waals surface area contributed by atoms with Crippen molar-refractivity contribution >= 4 is 0 Å². The maximum Gasteiger partial charge on any atom is 0.183 e. The average Bonchev–Trinajstić information content (AvgIpc) is 2.38. The second-order valence-electron chi connectivity index (χ2n) is 4.46. The van der Waals surface area contributed by atoms with Crippen molar-refractivity contribution in [2.24, 2.45) is 0 Å². The maximum absolute atomic E-state index is 5.87. The Morgan fingerprint density at radius 3 is 2.71 bits per heavy atom. The maximum atomic E-state index is 5.87. The van der Waals surface area contributed by atoms with Gasteiger partial charge in [0.2, 0.25) is 0 Å². The Bertz CT molecular complexity index is 325. The molecule has 0 amide bonds. The smallest absolute Gasteiger partial charge is 0.183 e. The highest BCUT2D eigenvalue weighted by atomic mass is 16.7. The SMILES string of the molecule is CO[C@H]1O[C@H](C)CC[C@@H]1OCc1ccccc1. The zero-order chi connectivity index (χ0) is 12.1. The third-order valence-electron chi connectivity index (χ3n) is 3.07. The molecule has 3 nitrogen and oxygen atoms in total. The Hall–Kier alpha value is -0.900. The molecule has 3 atom stereocenters. The van der Waals surface area contributed by atoms with E-state index in [1.807, 2.05) is 18.2 Å². The first-order valence-electron chi connectivity index (χ1n) is 6.13. The van der Waals surface area contributed by atoms with Crippen molar-refractivity contribution in [2.45, 2.75) is 44.9 Å². The molecule has 1 aromatic carbocycles. The van der Waals surface area contributed by atoms with Gasteiger partial charge in [0.15, 0.2) is 6.29 Å². The summed E-state index contributed by atoms with van der Waals surface area (Å²) in [6.45, 7) is 2.68. The summed E-state index contributed by atoms with van der Waals surface area (Å²) >= 11 is 0. The van der Waals surface area contributed by atoms with Gasteiger partial charge in [0.25, 0.3) is 0 Å². The van der Waals surface area contributed by atoms with E-state index in [9.17, 15) is 0 Å². The Morgan fingerprint density at radius 2 is 2.00 bits per heavy atom. The zero-order valence-corrected chi connectivity index (χ0v) is 10.5. The number of methoxy groups -OCH3 is 1. The normalized spacial score (nSPS) is 29.2. The fourth-order valence-electron chi connectivity index (χ4n) is 2.07. The second kappa shape index (κ2) is 6.15. The van der Waals surface area contributed by atoms with Gasteiger partial charge in [-0.2, -0.15) is 0 Å². The summed E-state index contributed by atoms with van der Waals surface area (Å²) in [6, 6.07) is 10.2.